The van der Waals surface area contributed by atoms with Crippen LogP contribution in [0.5, 0.6) is 0 Å². The number of para-hydroxylation sites is 2. The minimum Gasteiger partial charge on any atom is -0.347 e. The molecule has 21 heavy (non-hydrogen) atoms. The molecule has 0 radical (unpaired) electrons. The smallest absolute Gasteiger partial charge is 0.285 e. The number of benzene rings is 2. The number of nitro benzene ring substituents is 1. The molecule has 1 atom stereocenters. The molecule has 6 heteroatoms. The maximum atomic E-state index is 12.7. The van der Waals surface area contributed by atoms with Crippen molar-refractivity contribution in [1.29, 1.82) is 0 Å². The van der Waals surface area contributed by atoms with E-state index in [0.29, 0.717) is 5.03 Å². The molecular formula is C15H12N2O3S. The van der Waals surface area contributed by atoms with Crippen molar-refractivity contribution in [2.75, 3.05) is 0 Å². The molecule has 0 aliphatic carbocycles. The normalized spacial score (nSPS) is 12.4. The number of nitrogens with one attached hydrogen (secondary N) is 1. The van der Waals surface area contributed by atoms with E-state index in [1.165, 1.54) is 12.1 Å². The van der Waals surface area contributed by atoms with Crippen molar-refractivity contribution < 1.29 is 9.13 Å². The first-order valence-electron chi connectivity index (χ1n) is 6.32. The highest BCUT2D eigenvalue weighted by molar-refractivity contribution is 7.85. The second kappa shape index (κ2) is 5.14. The predicted molar refractivity (Wildman–Crippen MR) is 80.8 cm³/mol. The summed E-state index contributed by atoms with van der Waals surface area (Å²) in [7, 11) is -1.62. The van der Waals surface area contributed by atoms with Gasteiger partial charge < -0.3 is 4.98 Å². The molecule has 1 N–H and O–H groups in total. The van der Waals surface area contributed by atoms with Crippen LogP contribution >= 0.6 is 0 Å². The first-order valence-corrected chi connectivity index (χ1v) is 7.47. The number of nitro groups is 1. The highest BCUT2D eigenvalue weighted by Gasteiger charge is 2.22. The van der Waals surface area contributed by atoms with Crippen molar-refractivity contribution in [3.05, 3.63) is 64.2 Å². The van der Waals surface area contributed by atoms with E-state index in [1.807, 2.05) is 31.2 Å². The molecule has 106 valence electrons. The van der Waals surface area contributed by atoms with Crippen LogP contribution in [-0.2, 0) is 10.8 Å². The van der Waals surface area contributed by atoms with Crippen LogP contribution in [0.1, 0.15) is 5.56 Å². The Bertz CT molecular complexity index is 870. The molecule has 0 bridgehead atoms. The van der Waals surface area contributed by atoms with E-state index in [9.17, 15) is 14.3 Å². The Kier molecular flexibility index (Phi) is 3.31. The van der Waals surface area contributed by atoms with Crippen molar-refractivity contribution in [2.45, 2.75) is 16.8 Å². The van der Waals surface area contributed by atoms with Crippen molar-refractivity contribution in [3.8, 4) is 0 Å². The zero-order valence-corrected chi connectivity index (χ0v) is 12.0. The van der Waals surface area contributed by atoms with Gasteiger partial charge >= 0.3 is 0 Å². The molecule has 3 aromatic rings. The quantitative estimate of drug-likeness (QED) is 0.593. The lowest BCUT2D eigenvalue weighted by Gasteiger charge is -2.02. The third kappa shape index (κ3) is 2.23. The Hall–Kier alpha value is -2.47. The van der Waals surface area contributed by atoms with Crippen molar-refractivity contribution in [3.63, 3.8) is 0 Å². The topological polar surface area (TPSA) is 76.0 Å². The number of nitrogens with zero attached hydrogens (tertiary/aromatic N) is 1. The second-order valence-corrected chi connectivity index (χ2v) is 6.00. The summed E-state index contributed by atoms with van der Waals surface area (Å²) in [6.07, 6.45) is 0. The molecule has 0 saturated carbocycles. The molecule has 2 aromatic carbocycles. The van der Waals surface area contributed by atoms with E-state index in [0.717, 1.165) is 16.5 Å². The fourth-order valence-electron chi connectivity index (χ4n) is 2.32. The molecule has 0 aliphatic rings. The third-order valence-electron chi connectivity index (χ3n) is 3.37. The molecule has 0 fully saturated rings. The Morgan fingerprint density at radius 2 is 1.76 bits per heavy atom. The van der Waals surface area contributed by atoms with Gasteiger partial charge in [0.15, 0.2) is 0 Å². The Morgan fingerprint density at radius 1 is 1.10 bits per heavy atom. The molecule has 5 nitrogen and oxygen atoms in total. The lowest BCUT2D eigenvalue weighted by molar-refractivity contribution is -0.387. The maximum absolute atomic E-state index is 12.7. The van der Waals surface area contributed by atoms with Gasteiger partial charge in [-0.15, -0.1) is 0 Å². The number of rotatable bonds is 3. The molecule has 1 unspecified atom stereocenters. The summed E-state index contributed by atoms with van der Waals surface area (Å²) in [6, 6.07) is 13.7. The standard InChI is InChI=1S/C15H12N2O3S/c1-10-11-6-2-3-7-12(11)16-15(10)21(20)14-9-5-4-8-13(14)17(18)19/h2-9,16H,1H3. The first kappa shape index (κ1) is 13.5. The van der Waals surface area contributed by atoms with E-state index < -0.39 is 15.7 Å². The molecule has 0 amide bonds. The van der Waals surface area contributed by atoms with Gasteiger partial charge in [-0.2, -0.15) is 0 Å². The van der Waals surface area contributed by atoms with Gasteiger partial charge in [-0.3, -0.25) is 10.1 Å². The van der Waals surface area contributed by atoms with Crippen LogP contribution in [0.3, 0.4) is 0 Å². The monoisotopic (exact) mass is 300 g/mol. The summed E-state index contributed by atoms with van der Waals surface area (Å²) in [5.74, 6) is 0. The fraction of sp³-hybridized carbons (Fsp3) is 0.0667. The van der Waals surface area contributed by atoms with E-state index in [2.05, 4.69) is 4.98 Å². The Labute approximate surface area is 123 Å². The molecular weight excluding hydrogens is 288 g/mol. The molecule has 3 rings (SSSR count). The van der Waals surface area contributed by atoms with Crippen LogP contribution in [0.4, 0.5) is 5.69 Å². The van der Waals surface area contributed by atoms with Crippen LogP contribution in [0, 0.1) is 17.0 Å². The van der Waals surface area contributed by atoms with Crippen LogP contribution in [0.15, 0.2) is 58.5 Å². The van der Waals surface area contributed by atoms with Crippen LogP contribution in [0.2, 0.25) is 0 Å². The predicted octanol–water partition coefficient (Wildman–Crippen LogP) is 3.55. The van der Waals surface area contributed by atoms with Gasteiger partial charge in [-0.25, -0.2) is 4.21 Å². The zero-order chi connectivity index (χ0) is 15.0. The average Bonchev–Trinajstić information content (AvgIpc) is 2.84. The number of fused-ring (bicyclic) bond motifs is 1. The molecule has 0 spiro atoms. The summed E-state index contributed by atoms with van der Waals surface area (Å²) in [6.45, 7) is 1.86. The van der Waals surface area contributed by atoms with Gasteiger partial charge in [0, 0.05) is 17.0 Å². The molecule has 1 aromatic heterocycles. The summed E-state index contributed by atoms with van der Waals surface area (Å²) < 4.78 is 12.7. The Morgan fingerprint density at radius 3 is 2.48 bits per heavy atom. The lowest BCUT2D eigenvalue weighted by Crippen LogP contribution is -2.00. The Balaban J connectivity index is 2.18. The van der Waals surface area contributed by atoms with E-state index in [4.69, 9.17) is 0 Å². The zero-order valence-electron chi connectivity index (χ0n) is 11.2. The van der Waals surface area contributed by atoms with Crippen molar-refractivity contribution in [2.24, 2.45) is 0 Å². The van der Waals surface area contributed by atoms with E-state index in [-0.39, 0.29) is 10.6 Å². The van der Waals surface area contributed by atoms with Gasteiger partial charge in [0.1, 0.15) is 20.7 Å². The third-order valence-corrected chi connectivity index (χ3v) is 4.89. The number of aromatic nitrogens is 1. The number of aromatic amines is 1. The van der Waals surface area contributed by atoms with Crippen molar-refractivity contribution in [1.82, 2.24) is 4.98 Å². The molecule has 0 saturated heterocycles. The molecule has 0 aliphatic heterocycles. The second-order valence-electron chi connectivity index (χ2n) is 4.62. The van der Waals surface area contributed by atoms with E-state index >= 15 is 0 Å². The number of H-pyrrole nitrogens is 1. The summed E-state index contributed by atoms with van der Waals surface area (Å²) in [4.78, 5) is 13.9. The van der Waals surface area contributed by atoms with Gasteiger partial charge in [0.2, 0.25) is 0 Å². The van der Waals surface area contributed by atoms with Gasteiger partial charge in [0.05, 0.1) is 4.92 Å². The largest absolute Gasteiger partial charge is 0.347 e. The minimum atomic E-state index is -1.62. The molecule has 1 heterocycles. The highest BCUT2D eigenvalue weighted by atomic mass is 32.2. The fourth-order valence-corrected chi connectivity index (χ4v) is 3.66. The number of hydrogen-bond acceptors (Lipinski definition) is 3. The van der Waals surface area contributed by atoms with Gasteiger partial charge in [-0.1, -0.05) is 30.3 Å². The van der Waals surface area contributed by atoms with Gasteiger partial charge in [-0.05, 0) is 24.6 Å². The van der Waals surface area contributed by atoms with Crippen LogP contribution in [-0.4, -0.2) is 14.1 Å². The first-order chi connectivity index (χ1) is 10.1. The minimum absolute atomic E-state index is 0.131. The SMILES string of the molecule is Cc1c(S(=O)c2ccccc2[N+](=O)[O-])[nH]c2ccccc12. The lowest BCUT2D eigenvalue weighted by atomic mass is 10.2. The highest BCUT2D eigenvalue weighted by Crippen LogP contribution is 2.30. The maximum Gasteiger partial charge on any atom is 0.285 e. The van der Waals surface area contributed by atoms with E-state index in [1.54, 1.807) is 12.1 Å². The summed E-state index contributed by atoms with van der Waals surface area (Å²) in [5.41, 5.74) is 1.59. The van der Waals surface area contributed by atoms with Crippen LogP contribution < -0.4 is 0 Å². The number of hydrogen-bond donors (Lipinski definition) is 1. The average molecular weight is 300 g/mol. The number of aryl methyl sites for hydroxylation is 1. The summed E-state index contributed by atoms with van der Waals surface area (Å²) in [5, 5.41) is 12.6. The van der Waals surface area contributed by atoms with Crippen LogP contribution in [0.25, 0.3) is 10.9 Å². The van der Waals surface area contributed by atoms with Gasteiger partial charge in [0.25, 0.3) is 5.69 Å². The van der Waals surface area contributed by atoms with Crippen molar-refractivity contribution >= 4 is 27.4 Å². The summed E-state index contributed by atoms with van der Waals surface area (Å²) >= 11 is 0.